The number of aromatic nitrogens is 4. The van der Waals surface area contributed by atoms with Gasteiger partial charge in [-0.2, -0.15) is 4.98 Å². The van der Waals surface area contributed by atoms with Crippen LogP contribution in [0.2, 0.25) is 5.02 Å². The molecule has 0 saturated carbocycles. The smallest absolute Gasteiger partial charge is 0.409 e. The van der Waals surface area contributed by atoms with E-state index in [1.165, 1.54) is 6.07 Å². The van der Waals surface area contributed by atoms with E-state index in [0.29, 0.717) is 34.6 Å². The van der Waals surface area contributed by atoms with Crippen LogP contribution in [0.3, 0.4) is 0 Å². The van der Waals surface area contributed by atoms with Crippen LogP contribution in [0.1, 0.15) is 36.5 Å². The lowest BCUT2D eigenvalue weighted by Crippen LogP contribution is -2.39. The second kappa shape index (κ2) is 12.0. The average Bonchev–Trinajstić information content (AvgIpc) is 3.24. The summed E-state index contributed by atoms with van der Waals surface area (Å²) in [6, 6.07) is 11.7. The SMILES string of the molecule is NC(=O)Oc1ccc2c(c1)nc(CN1CCC(Oc3ccnc(Cc4ccc(Cl)cc4F)n3)CC1)n2CC1CCO1. The van der Waals surface area contributed by atoms with Crippen LogP contribution >= 0.6 is 11.6 Å². The first-order chi connectivity index (χ1) is 19.9. The Kier molecular flexibility index (Phi) is 8.00. The van der Waals surface area contributed by atoms with Crippen molar-refractivity contribution in [3.63, 3.8) is 0 Å². The minimum absolute atomic E-state index is 0.0111. The number of carbonyl (C=O) groups excluding carboxylic acids is 1. The van der Waals surface area contributed by atoms with Gasteiger partial charge in [-0.15, -0.1) is 0 Å². The fraction of sp³-hybridized carbons (Fsp3) is 0.379. The van der Waals surface area contributed by atoms with Crippen LogP contribution in [-0.2, 0) is 24.2 Å². The quantitative estimate of drug-likeness (QED) is 0.307. The first kappa shape index (κ1) is 27.4. The maximum absolute atomic E-state index is 14.2. The van der Waals surface area contributed by atoms with E-state index in [0.717, 1.165) is 62.4 Å². The molecule has 12 heteroatoms. The van der Waals surface area contributed by atoms with Crippen molar-refractivity contribution in [1.29, 1.82) is 0 Å². The number of rotatable bonds is 9. The first-order valence-electron chi connectivity index (χ1n) is 13.6. The number of piperidine rings is 1. The standard InChI is InChI=1S/C29H30ClFN6O4/c30-19-2-1-18(23(31)14-19)13-26-33-9-5-28(35-26)40-20-6-10-36(11-7-20)17-27-34-24-15-21(41-29(32)38)3-4-25(24)37(27)16-22-8-12-39-22/h1-5,9,14-15,20,22H,6-8,10-13,16-17H2,(H2,32,38). The van der Waals surface area contributed by atoms with Gasteiger partial charge < -0.3 is 24.5 Å². The van der Waals surface area contributed by atoms with E-state index in [1.54, 1.807) is 36.5 Å². The predicted molar refractivity (Wildman–Crippen MR) is 149 cm³/mol. The zero-order valence-electron chi connectivity index (χ0n) is 22.3. The number of ether oxygens (including phenoxy) is 3. The van der Waals surface area contributed by atoms with Gasteiger partial charge in [-0.25, -0.2) is 19.2 Å². The number of imidazole rings is 1. The number of hydrogen-bond acceptors (Lipinski definition) is 8. The van der Waals surface area contributed by atoms with Crippen molar-refractivity contribution in [3.8, 4) is 11.6 Å². The summed E-state index contributed by atoms with van der Waals surface area (Å²) < 4.78 is 33.4. The Balaban J connectivity index is 1.09. The molecular formula is C29H30ClFN6O4. The molecule has 2 aromatic heterocycles. The first-order valence-corrected chi connectivity index (χ1v) is 14.0. The van der Waals surface area contributed by atoms with E-state index < -0.39 is 6.09 Å². The molecule has 0 bridgehead atoms. The zero-order valence-corrected chi connectivity index (χ0v) is 23.1. The number of fused-ring (bicyclic) bond motifs is 1. The van der Waals surface area contributed by atoms with Gasteiger partial charge in [0.2, 0.25) is 5.88 Å². The highest BCUT2D eigenvalue weighted by Gasteiger charge is 2.26. The molecule has 0 spiro atoms. The van der Waals surface area contributed by atoms with Gasteiger partial charge in [-0.05, 0) is 49.1 Å². The second-order valence-electron chi connectivity index (χ2n) is 10.3. The minimum Gasteiger partial charge on any atom is -0.474 e. The van der Waals surface area contributed by atoms with Crippen LogP contribution in [0.25, 0.3) is 11.0 Å². The molecule has 2 saturated heterocycles. The van der Waals surface area contributed by atoms with Gasteiger partial charge in [0, 0.05) is 49.5 Å². The number of likely N-dealkylation sites (tertiary alicyclic amines) is 1. The molecule has 1 amide bonds. The van der Waals surface area contributed by atoms with E-state index in [9.17, 15) is 9.18 Å². The van der Waals surface area contributed by atoms with Crippen LogP contribution in [0.5, 0.6) is 11.6 Å². The third kappa shape index (κ3) is 6.58. The number of nitrogens with zero attached hydrogens (tertiary/aromatic N) is 5. The van der Waals surface area contributed by atoms with Crippen molar-refractivity contribution in [1.82, 2.24) is 24.4 Å². The molecule has 2 aromatic carbocycles. The molecule has 4 aromatic rings. The van der Waals surface area contributed by atoms with Gasteiger partial charge in [0.1, 0.15) is 29.3 Å². The van der Waals surface area contributed by atoms with E-state index in [1.807, 2.05) is 6.07 Å². The van der Waals surface area contributed by atoms with Gasteiger partial charge in [0.05, 0.1) is 30.2 Å². The maximum atomic E-state index is 14.2. The highest BCUT2D eigenvalue weighted by Crippen LogP contribution is 2.27. The molecule has 6 rings (SSSR count). The van der Waals surface area contributed by atoms with Gasteiger partial charge in [-0.1, -0.05) is 17.7 Å². The summed E-state index contributed by atoms with van der Waals surface area (Å²) >= 11 is 5.86. The van der Waals surface area contributed by atoms with Crippen LogP contribution in [0.4, 0.5) is 9.18 Å². The molecule has 10 nitrogen and oxygen atoms in total. The largest absolute Gasteiger partial charge is 0.474 e. The van der Waals surface area contributed by atoms with E-state index in [2.05, 4.69) is 19.4 Å². The average molecular weight is 581 g/mol. The number of carbonyl (C=O) groups is 1. The summed E-state index contributed by atoms with van der Waals surface area (Å²) in [5.74, 6) is 1.89. The van der Waals surface area contributed by atoms with Crippen LogP contribution in [-0.4, -0.2) is 62.4 Å². The maximum Gasteiger partial charge on any atom is 0.409 e. The molecule has 214 valence electrons. The van der Waals surface area contributed by atoms with Crippen molar-refractivity contribution >= 4 is 28.7 Å². The fourth-order valence-corrected chi connectivity index (χ4v) is 5.38. The summed E-state index contributed by atoms with van der Waals surface area (Å²) in [6.07, 6.45) is 3.88. The number of benzene rings is 2. The normalized spacial score (nSPS) is 17.9. The van der Waals surface area contributed by atoms with E-state index in [4.69, 9.17) is 36.5 Å². The number of hydrogen-bond donors (Lipinski definition) is 1. The van der Waals surface area contributed by atoms with Crippen LogP contribution in [0.15, 0.2) is 48.7 Å². The summed E-state index contributed by atoms with van der Waals surface area (Å²) in [5.41, 5.74) is 7.37. The molecule has 1 atom stereocenters. The minimum atomic E-state index is -0.856. The van der Waals surface area contributed by atoms with Crippen molar-refractivity contribution in [2.45, 2.75) is 51.0 Å². The third-order valence-corrected chi connectivity index (χ3v) is 7.66. The number of halogens is 2. The summed E-state index contributed by atoms with van der Waals surface area (Å²) in [6.45, 7) is 3.83. The van der Waals surface area contributed by atoms with E-state index in [-0.39, 0.29) is 24.4 Å². The molecular weight excluding hydrogens is 551 g/mol. The Morgan fingerprint density at radius 3 is 2.68 bits per heavy atom. The predicted octanol–water partition coefficient (Wildman–Crippen LogP) is 4.50. The molecule has 0 aliphatic carbocycles. The summed E-state index contributed by atoms with van der Waals surface area (Å²) in [5, 5.41) is 0.351. The zero-order chi connectivity index (χ0) is 28.3. The van der Waals surface area contributed by atoms with Crippen molar-refractivity contribution in [2.75, 3.05) is 19.7 Å². The van der Waals surface area contributed by atoms with Crippen molar-refractivity contribution in [2.24, 2.45) is 5.73 Å². The third-order valence-electron chi connectivity index (χ3n) is 7.43. The summed E-state index contributed by atoms with van der Waals surface area (Å²) in [4.78, 5) is 27.2. The topological polar surface area (TPSA) is 118 Å². The molecule has 2 aliphatic heterocycles. The van der Waals surface area contributed by atoms with Gasteiger partial charge in [0.25, 0.3) is 0 Å². The number of nitrogens with two attached hydrogens (primary N) is 1. The van der Waals surface area contributed by atoms with Gasteiger partial charge in [0.15, 0.2) is 0 Å². The lowest BCUT2D eigenvalue weighted by Gasteiger charge is -2.32. The van der Waals surface area contributed by atoms with Crippen molar-refractivity contribution < 1.29 is 23.4 Å². The second-order valence-corrected chi connectivity index (χ2v) is 10.7. The molecule has 2 aliphatic rings. The Bertz CT molecular complexity index is 1550. The molecule has 4 heterocycles. The Labute approximate surface area is 241 Å². The van der Waals surface area contributed by atoms with E-state index >= 15 is 0 Å². The van der Waals surface area contributed by atoms with Crippen LogP contribution in [0, 0.1) is 5.82 Å². The Morgan fingerprint density at radius 1 is 1.12 bits per heavy atom. The molecule has 2 fully saturated rings. The number of primary amides is 1. The highest BCUT2D eigenvalue weighted by atomic mass is 35.5. The summed E-state index contributed by atoms with van der Waals surface area (Å²) in [7, 11) is 0. The highest BCUT2D eigenvalue weighted by molar-refractivity contribution is 6.30. The lowest BCUT2D eigenvalue weighted by atomic mass is 10.1. The van der Waals surface area contributed by atoms with Crippen molar-refractivity contribution in [3.05, 3.63) is 76.7 Å². The molecule has 1 unspecified atom stereocenters. The van der Waals surface area contributed by atoms with Gasteiger partial charge in [-0.3, -0.25) is 4.90 Å². The fourth-order valence-electron chi connectivity index (χ4n) is 5.22. The monoisotopic (exact) mass is 580 g/mol. The van der Waals surface area contributed by atoms with Crippen LogP contribution < -0.4 is 15.2 Å². The Morgan fingerprint density at radius 2 is 1.95 bits per heavy atom. The van der Waals surface area contributed by atoms with Gasteiger partial charge >= 0.3 is 6.09 Å². The molecule has 0 radical (unpaired) electrons. The molecule has 2 N–H and O–H groups in total. The lowest BCUT2D eigenvalue weighted by molar-refractivity contribution is -0.0592. The number of amides is 1. The molecule has 41 heavy (non-hydrogen) atoms. The Hall–Kier alpha value is -3.80.